The number of esters is 1. The molecule has 3 rings (SSSR count). The van der Waals surface area contributed by atoms with Gasteiger partial charge < -0.3 is 14.4 Å². The van der Waals surface area contributed by atoms with Gasteiger partial charge in [0.05, 0.1) is 18.1 Å². The Hall–Kier alpha value is -3.21. The second-order valence-corrected chi connectivity index (χ2v) is 10.2. The van der Waals surface area contributed by atoms with E-state index in [0.29, 0.717) is 25.1 Å². The van der Waals surface area contributed by atoms with Crippen LogP contribution in [-0.2, 0) is 25.9 Å². The van der Waals surface area contributed by atoms with E-state index in [1.165, 1.54) is 17.0 Å². The van der Waals surface area contributed by atoms with Crippen LogP contribution >= 0.6 is 0 Å². The fourth-order valence-corrected chi connectivity index (χ4v) is 5.36. The topological polar surface area (TPSA) is 125 Å². The molecule has 10 nitrogen and oxygen atoms in total. The van der Waals surface area contributed by atoms with Gasteiger partial charge in [0.1, 0.15) is 12.4 Å². The SMILES string of the molecule is CCCCN(C(=O)COC(=O)c1ccc(=O)n(CCOc2ccccc2)n1)C1CCS(=O)(=O)C1. The minimum Gasteiger partial charge on any atom is -0.492 e. The molecule has 1 amide bonds. The number of sulfone groups is 1. The summed E-state index contributed by atoms with van der Waals surface area (Å²) in [5.41, 5.74) is -0.520. The van der Waals surface area contributed by atoms with Gasteiger partial charge in [-0.05, 0) is 31.0 Å². The van der Waals surface area contributed by atoms with Crippen LogP contribution in [0.3, 0.4) is 0 Å². The number of hydrogen-bond donors (Lipinski definition) is 0. The van der Waals surface area contributed by atoms with Crippen LogP contribution in [0, 0.1) is 0 Å². The smallest absolute Gasteiger partial charge is 0.359 e. The highest BCUT2D eigenvalue weighted by Gasteiger charge is 2.34. The van der Waals surface area contributed by atoms with Gasteiger partial charge in [0.25, 0.3) is 11.5 Å². The Balaban J connectivity index is 1.58. The first kappa shape index (κ1) is 25.4. The summed E-state index contributed by atoms with van der Waals surface area (Å²) in [7, 11) is -3.16. The Labute approximate surface area is 198 Å². The van der Waals surface area contributed by atoms with Gasteiger partial charge >= 0.3 is 5.97 Å². The van der Waals surface area contributed by atoms with Gasteiger partial charge in [-0.3, -0.25) is 9.59 Å². The number of unbranched alkanes of at least 4 members (excludes halogenated alkanes) is 1. The quantitative estimate of drug-likeness (QED) is 0.431. The fraction of sp³-hybridized carbons (Fsp3) is 0.478. The number of ether oxygens (including phenoxy) is 2. The summed E-state index contributed by atoms with van der Waals surface area (Å²) in [4.78, 5) is 38.8. The van der Waals surface area contributed by atoms with E-state index in [1.807, 2.05) is 25.1 Å². The Morgan fingerprint density at radius 2 is 1.94 bits per heavy atom. The van der Waals surface area contributed by atoms with Crippen molar-refractivity contribution in [1.82, 2.24) is 14.7 Å². The number of para-hydroxylation sites is 1. The Morgan fingerprint density at radius 3 is 2.62 bits per heavy atom. The van der Waals surface area contributed by atoms with Crippen molar-refractivity contribution in [1.29, 1.82) is 0 Å². The molecule has 1 aliphatic heterocycles. The maximum atomic E-state index is 12.7. The molecule has 1 unspecified atom stereocenters. The highest BCUT2D eigenvalue weighted by atomic mass is 32.2. The molecule has 1 aliphatic rings. The maximum Gasteiger partial charge on any atom is 0.359 e. The van der Waals surface area contributed by atoms with Crippen LogP contribution in [0.2, 0.25) is 0 Å². The van der Waals surface area contributed by atoms with Gasteiger partial charge in [0.15, 0.2) is 22.1 Å². The minimum atomic E-state index is -3.16. The lowest BCUT2D eigenvalue weighted by Crippen LogP contribution is -2.44. The molecule has 0 saturated carbocycles. The molecule has 1 saturated heterocycles. The Kier molecular flexibility index (Phi) is 8.80. The molecule has 0 N–H and O–H groups in total. The predicted octanol–water partition coefficient (Wildman–Crippen LogP) is 1.29. The molecule has 0 aliphatic carbocycles. The zero-order valence-corrected chi connectivity index (χ0v) is 19.9. The predicted molar refractivity (Wildman–Crippen MR) is 124 cm³/mol. The van der Waals surface area contributed by atoms with Crippen molar-refractivity contribution in [3.63, 3.8) is 0 Å². The summed E-state index contributed by atoms with van der Waals surface area (Å²) < 4.78 is 35.5. The van der Waals surface area contributed by atoms with E-state index in [9.17, 15) is 22.8 Å². The molecule has 184 valence electrons. The molecular weight excluding hydrogens is 462 g/mol. The summed E-state index contributed by atoms with van der Waals surface area (Å²) in [6.45, 7) is 2.13. The summed E-state index contributed by atoms with van der Waals surface area (Å²) in [5.74, 6) is -0.679. The number of rotatable bonds is 11. The molecule has 1 aromatic heterocycles. The molecule has 0 spiro atoms. The highest BCUT2D eigenvalue weighted by molar-refractivity contribution is 7.91. The first-order valence-electron chi connectivity index (χ1n) is 11.2. The average molecular weight is 492 g/mol. The Bertz CT molecular complexity index is 1150. The molecule has 11 heteroatoms. The van der Waals surface area contributed by atoms with E-state index in [-0.39, 0.29) is 30.4 Å². The zero-order valence-electron chi connectivity index (χ0n) is 19.1. The van der Waals surface area contributed by atoms with Crippen molar-refractivity contribution < 1.29 is 27.5 Å². The van der Waals surface area contributed by atoms with E-state index in [1.54, 1.807) is 12.1 Å². The second kappa shape index (κ2) is 11.8. The third-order valence-electron chi connectivity index (χ3n) is 5.44. The molecule has 1 atom stereocenters. The van der Waals surface area contributed by atoms with Gasteiger partial charge in [-0.2, -0.15) is 5.10 Å². The van der Waals surface area contributed by atoms with Crippen molar-refractivity contribution in [2.45, 2.75) is 38.8 Å². The molecule has 2 aromatic rings. The van der Waals surface area contributed by atoms with Gasteiger partial charge in [0.2, 0.25) is 0 Å². The van der Waals surface area contributed by atoms with Crippen LogP contribution in [0.15, 0.2) is 47.3 Å². The summed E-state index contributed by atoms with van der Waals surface area (Å²) in [5, 5.41) is 4.02. The third kappa shape index (κ3) is 7.14. The molecule has 0 radical (unpaired) electrons. The van der Waals surface area contributed by atoms with E-state index < -0.39 is 39.9 Å². The second-order valence-electron chi connectivity index (χ2n) is 8.02. The zero-order chi connectivity index (χ0) is 24.6. The number of carbonyl (C=O) groups is 2. The molecule has 1 fully saturated rings. The molecular formula is C23H29N3O7S. The van der Waals surface area contributed by atoms with Crippen molar-refractivity contribution in [3.05, 3.63) is 58.5 Å². The summed E-state index contributed by atoms with van der Waals surface area (Å²) >= 11 is 0. The van der Waals surface area contributed by atoms with E-state index in [4.69, 9.17) is 9.47 Å². The average Bonchev–Trinajstić information content (AvgIpc) is 3.18. The monoisotopic (exact) mass is 491 g/mol. The highest BCUT2D eigenvalue weighted by Crippen LogP contribution is 2.19. The van der Waals surface area contributed by atoms with Gasteiger partial charge in [0, 0.05) is 18.7 Å². The number of hydrogen-bond acceptors (Lipinski definition) is 8. The normalized spacial score (nSPS) is 16.7. The number of carbonyl (C=O) groups excluding carboxylic acids is 2. The lowest BCUT2D eigenvalue weighted by Gasteiger charge is -2.28. The van der Waals surface area contributed by atoms with Crippen molar-refractivity contribution in [3.8, 4) is 5.75 Å². The van der Waals surface area contributed by atoms with Gasteiger partial charge in [-0.15, -0.1) is 0 Å². The first-order valence-corrected chi connectivity index (χ1v) is 13.0. The lowest BCUT2D eigenvalue weighted by molar-refractivity contribution is -0.136. The minimum absolute atomic E-state index is 0.0484. The fourth-order valence-electron chi connectivity index (χ4n) is 3.63. The Morgan fingerprint density at radius 1 is 1.18 bits per heavy atom. The van der Waals surface area contributed by atoms with Crippen LogP contribution in [0.25, 0.3) is 0 Å². The van der Waals surface area contributed by atoms with E-state index >= 15 is 0 Å². The maximum absolute atomic E-state index is 12.7. The first-order chi connectivity index (χ1) is 16.3. The molecule has 1 aromatic carbocycles. The van der Waals surface area contributed by atoms with Crippen molar-refractivity contribution in [2.75, 3.05) is 31.3 Å². The van der Waals surface area contributed by atoms with Crippen LogP contribution in [0.4, 0.5) is 0 Å². The molecule has 2 heterocycles. The van der Waals surface area contributed by atoms with E-state index in [0.717, 1.165) is 11.1 Å². The van der Waals surface area contributed by atoms with Crippen LogP contribution in [0.5, 0.6) is 5.75 Å². The number of amides is 1. The number of aromatic nitrogens is 2. The lowest BCUT2D eigenvalue weighted by atomic mass is 10.2. The molecule has 34 heavy (non-hydrogen) atoms. The summed E-state index contributed by atoms with van der Waals surface area (Å²) in [6.07, 6.45) is 1.93. The van der Waals surface area contributed by atoms with Crippen LogP contribution in [-0.4, -0.2) is 72.3 Å². The van der Waals surface area contributed by atoms with Crippen LogP contribution < -0.4 is 10.3 Å². The molecule has 0 bridgehead atoms. The summed E-state index contributed by atoms with van der Waals surface area (Å²) in [6, 6.07) is 11.1. The van der Waals surface area contributed by atoms with Gasteiger partial charge in [-0.25, -0.2) is 17.9 Å². The van der Waals surface area contributed by atoms with Crippen LogP contribution in [0.1, 0.15) is 36.7 Å². The number of nitrogens with zero attached hydrogens (tertiary/aromatic N) is 3. The standard InChI is InChI=1S/C23H29N3O7S/c1-2-3-12-25(18-11-15-34(30,31)17-18)22(28)16-33-23(29)20-9-10-21(27)26(24-20)13-14-32-19-7-5-4-6-8-19/h4-10,18H,2-3,11-17H2,1H3. The van der Waals surface area contributed by atoms with Crippen molar-refractivity contribution in [2.24, 2.45) is 0 Å². The van der Waals surface area contributed by atoms with E-state index in [2.05, 4.69) is 5.10 Å². The number of benzene rings is 1. The third-order valence-corrected chi connectivity index (χ3v) is 7.19. The van der Waals surface area contributed by atoms with Gasteiger partial charge in [-0.1, -0.05) is 31.5 Å². The van der Waals surface area contributed by atoms with Crippen molar-refractivity contribution >= 4 is 21.7 Å². The largest absolute Gasteiger partial charge is 0.492 e.